The Balaban J connectivity index is 1.23. The first-order valence-electron chi connectivity index (χ1n) is 9.52. The Morgan fingerprint density at radius 1 is 0.677 bits per heavy atom. The standard InChI is InChI=1S/C21H22N2O8/c22-15-5-1-13(2-6-15)17(24)30-19-26-9-21(10-27-19)11-28-20(29-12-21)31-18(25)14-3-7-16(23)8-4-14/h1-8,19-20H,9-12,22-23H2. The fourth-order valence-corrected chi connectivity index (χ4v) is 3.01. The second-order valence-electron chi connectivity index (χ2n) is 7.38. The molecule has 10 heteroatoms. The van der Waals surface area contributed by atoms with Crippen LogP contribution in [0, 0.1) is 5.41 Å². The Hall–Kier alpha value is -3.18. The Labute approximate surface area is 177 Å². The third-order valence-electron chi connectivity index (χ3n) is 4.80. The summed E-state index contributed by atoms with van der Waals surface area (Å²) < 4.78 is 32.5. The minimum atomic E-state index is -1.14. The zero-order valence-electron chi connectivity index (χ0n) is 16.5. The van der Waals surface area contributed by atoms with Gasteiger partial charge in [0.05, 0.1) is 43.0 Å². The van der Waals surface area contributed by atoms with Crippen molar-refractivity contribution in [3.8, 4) is 0 Å². The zero-order valence-corrected chi connectivity index (χ0v) is 16.5. The van der Waals surface area contributed by atoms with Gasteiger partial charge in [0.1, 0.15) is 0 Å². The Morgan fingerprint density at radius 3 is 1.32 bits per heavy atom. The van der Waals surface area contributed by atoms with Crippen molar-refractivity contribution in [3.63, 3.8) is 0 Å². The first-order valence-corrected chi connectivity index (χ1v) is 9.52. The third kappa shape index (κ3) is 5.12. The van der Waals surface area contributed by atoms with E-state index in [0.29, 0.717) is 22.5 Å². The monoisotopic (exact) mass is 430 g/mol. The lowest BCUT2D eigenvalue weighted by Gasteiger charge is -2.42. The zero-order chi connectivity index (χ0) is 21.8. The van der Waals surface area contributed by atoms with E-state index >= 15 is 0 Å². The highest BCUT2D eigenvalue weighted by Gasteiger charge is 2.44. The summed E-state index contributed by atoms with van der Waals surface area (Å²) in [4.78, 5) is 24.3. The number of ether oxygens (including phenoxy) is 6. The highest BCUT2D eigenvalue weighted by Crippen LogP contribution is 2.31. The number of carbonyl (C=O) groups is 2. The molecule has 2 saturated heterocycles. The molecule has 2 aromatic rings. The number of nitrogen functional groups attached to an aromatic ring is 2. The van der Waals surface area contributed by atoms with Crippen molar-refractivity contribution in [1.82, 2.24) is 0 Å². The van der Waals surface area contributed by atoms with Gasteiger partial charge in [0.15, 0.2) is 0 Å². The molecule has 0 aromatic heterocycles. The molecule has 0 bridgehead atoms. The molecule has 31 heavy (non-hydrogen) atoms. The number of anilines is 2. The minimum Gasteiger partial charge on any atom is -0.407 e. The average molecular weight is 430 g/mol. The summed E-state index contributed by atoms with van der Waals surface area (Å²) in [6.07, 6.45) is 0. The summed E-state index contributed by atoms with van der Waals surface area (Å²) in [7, 11) is 0. The molecular weight excluding hydrogens is 408 g/mol. The fraction of sp³-hybridized carbons (Fsp3) is 0.333. The topological polar surface area (TPSA) is 142 Å². The van der Waals surface area contributed by atoms with Crippen molar-refractivity contribution in [2.45, 2.75) is 13.0 Å². The van der Waals surface area contributed by atoms with Crippen LogP contribution in [0.2, 0.25) is 0 Å². The molecular formula is C21H22N2O8. The molecule has 0 unspecified atom stereocenters. The van der Waals surface area contributed by atoms with E-state index in [-0.39, 0.29) is 26.4 Å². The van der Waals surface area contributed by atoms with E-state index in [4.69, 9.17) is 39.9 Å². The largest absolute Gasteiger partial charge is 0.407 e. The molecule has 0 radical (unpaired) electrons. The molecule has 2 heterocycles. The Morgan fingerprint density at radius 2 is 1.00 bits per heavy atom. The van der Waals surface area contributed by atoms with Gasteiger partial charge in [-0.3, -0.25) is 0 Å². The van der Waals surface area contributed by atoms with Crippen LogP contribution in [0.25, 0.3) is 0 Å². The molecule has 10 nitrogen and oxygen atoms in total. The fourth-order valence-electron chi connectivity index (χ4n) is 3.01. The summed E-state index contributed by atoms with van der Waals surface area (Å²) in [6.45, 7) is -1.60. The number of nitrogens with two attached hydrogens (primary N) is 2. The normalized spacial score (nSPS) is 25.7. The smallest absolute Gasteiger partial charge is 0.342 e. The molecule has 0 atom stereocenters. The molecule has 0 aliphatic carbocycles. The van der Waals surface area contributed by atoms with Crippen molar-refractivity contribution in [2.24, 2.45) is 5.41 Å². The first-order chi connectivity index (χ1) is 14.9. The van der Waals surface area contributed by atoms with Crippen molar-refractivity contribution in [3.05, 3.63) is 59.7 Å². The van der Waals surface area contributed by atoms with Gasteiger partial charge in [-0.1, -0.05) is 0 Å². The number of benzene rings is 2. The van der Waals surface area contributed by atoms with Crippen LogP contribution in [0.1, 0.15) is 20.7 Å². The highest BCUT2D eigenvalue weighted by atomic mass is 16.9. The van der Waals surface area contributed by atoms with Crippen LogP contribution < -0.4 is 11.5 Å². The van der Waals surface area contributed by atoms with Gasteiger partial charge in [-0.2, -0.15) is 0 Å². The number of rotatable bonds is 4. The predicted octanol–water partition coefficient (Wildman–Crippen LogP) is 1.51. The van der Waals surface area contributed by atoms with E-state index in [1.165, 1.54) is 0 Å². The molecule has 2 fully saturated rings. The molecule has 2 aliphatic rings. The van der Waals surface area contributed by atoms with E-state index < -0.39 is 30.3 Å². The van der Waals surface area contributed by atoms with Crippen LogP contribution in [0.4, 0.5) is 11.4 Å². The van der Waals surface area contributed by atoms with Crippen LogP contribution in [-0.2, 0) is 28.4 Å². The van der Waals surface area contributed by atoms with Gasteiger partial charge in [0.2, 0.25) is 0 Å². The van der Waals surface area contributed by atoms with Gasteiger partial charge in [0, 0.05) is 11.4 Å². The maximum Gasteiger partial charge on any atom is 0.342 e. The second-order valence-corrected chi connectivity index (χ2v) is 7.38. The van der Waals surface area contributed by atoms with Gasteiger partial charge in [0.25, 0.3) is 0 Å². The van der Waals surface area contributed by atoms with E-state index in [1.807, 2.05) is 0 Å². The Kier molecular flexibility index (Phi) is 6.05. The van der Waals surface area contributed by atoms with Crippen molar-refractivity contribution in [2.75, 3.05) is 37.9 Å². The van der Waals surface area contributed by atoms with E-state index in [0.717, 1.165) is 0 Å². The van der Waals surface area contributed by atoms with Crippen LogP contribution in [-0.4, -0.2) is 51.3 Å². The molecule has 2 aromatic carbocycles. The Bertz CT molecular complexity index is 834. The molecule has 0 amide bonds. The number of esters is 2. The summed E-state index contributed by atoms with van der Waals surface area (Å²) in [5, 5.41) is 0. The van der Waals surface area contributed by atoms with Gasteiger partial charge < -0.3 is 39.9 Å². The first kappa shape index (κ1) is 21.1. The maximum absolute atomic E-state index is 12.1. The predicted molar refractivity (Wildman–Crippen MR) is 106 cm³/mol. The van der Waals surface area contributed by atoms with Crippen LogP contribution in [0.5, 0.6) is 0 Å². The van der Waals surface area contributed by atoms with Crippen molar-refractivity contribution in [1.29, 1.82) is 0 Å². The molecule has 4 rings (SSSR count). The van der Waals surface area contributed by atoms with Crippen LogP contribution in [0.15, 0.2) is 48.5 Å². The third-order valence-corrected chi connectivity index (χ3v) is 4.80. The van der Waals surface area contributed by atoms with Gasteiger partial charge in [-0.05, 0) is 48.5 Å². The summed E-state index contributed by atoms with van der Waals surface area (Å²) in [6, 6.07) is 12.6. The quantitative estimate of drug-likeness (QED) is 0.541. The van der Waals surface area contributed by atoms with Gasteiger partial charge in [-0.15, -0.1) is 0 Å². The SMILES string of the molecule is Nc1ccc(C(=O)OC2OCC3(CO2)COC(OC(=O)c2ccc(N)cc2)OC3)cc1. The number of hydrogen-bond donors (Lipinski definition) is 2. The summed E-state index contributed by atoms with van der Waals surface area (Å²) in [5.74, 6) is -1.18. The van der Waals surface area contributed by atoms with Crippen molar-refractivity contribution < 1.29 is 38.0 Å². The van der Waals surface area contributed by atoms with Crippen LogP contribution in [0.3, 0.4) is 0 Å². The van der Waals surface area contributed by atoms with Gasteiger partial charge in [-0.25, -0.2) is 9.59 Å². The summed E-state index contributed by atoms with van der Waals surface area (Å²) in [5.41, 5.74) is 12.3. The lowest BCUT2D eigenvalue weighted by molar-refractivity contribution is -0.373. The van der Waals surface area contributed by atoms with Crippen LogP contribution >= 0.6 is 0 Å². The number of hydrogen-bond acceptors (Lipinski definition) is 10. The minimum absolute atomic E-state index is 0.172. The van der Waals surface area contributed by atoms with E-state index in [2.05, 4.69) is 0 Å². The lowest BCUT2D eigenvalue weighted by Crippen LogP contribution is -2.53. The van der Waals surface area contributed by atoms with Crippen molar-refractivity contribution >= 4 is 23.3 Å². The molecule has 4 N–H and O–H groups in total. The van der Waals surface area contributed by atoms with E-state index in [1.54, 1.807) is 48.5 Å². The number of carbonyl (C=O) groups excluding carboxylic acids is 2. The van der Waals surface area contributed by atoms with Gasteiger partial charge >= 0.3 is 24.9 Å². The molecule has 0 saturated carbocycles. The highest BCUT2D eigenvalue weighted by molar-refractivity contribution is 5.90. The molecule has 1 spiro atoms. The average Bonchev–Trinajstić information content (AvgIpc) is 2.78. The van der Waals surface area contributed by atoms with E-state index in [9.17, 15) is 9.59 Å². The second kappa shape index (κ2) is 8.90. The lowest BCUT2D eigenvalue weighted by atomic mass is 9.91. The summed E-state index contributed by atoms with van der Waals surface area (Å²) >= 11 is 0. The molecule has 2 aliphatic heterocycles. The maximum atomic E-state index is 12.1. The molecule has 164 valence electrons.